The first kappa shape index (κ1) is 9.65. The summed E-state index contributed by atoms with van der Waals surface area (Å²) in [5.41, 5.74) is 0.614. The molecule has 0 fully saturated rings. The molecule has 4 heteroatoms. The molecule has 2 nitrogen and oxygen atoms in total. The van der Waals surface area contributed by atoms with Gasteiger partial charge < -0.3 is 10.4 Å². The summed E-state index contributed by atoms with van der Waals surface area (Å²) in [4.78, 5) is 0. The summed E-state index contributed by atoms with van der Waals surface area (Å²) < 4.78 is 0. The van der Waals surface area contributed by atoms with Crippen molar-refractivity contribution in [3.05, 3.63) is 33.1 Å². The molecule has 66 valence electrons. The topological polar surface area (TPSA) is 34.3 Å². The number of hydrogen-bond acceptors (Lipinski definition) is 1. The molecule has 0 atom stereocenters. The maximum atomic E-state index is 9.37. The van der Waals surface area contributed by atoms with Crippen molar-refractivity contribution in [2.75, 3.05) is 7.05 Å². The van der Waals surface area contributed by atoms with Gasteiger partial charge >= 0.3 is 0 Å². The first-order valence-electron chi connectivity index (χ1n) is 3.37. The van der Waals surface area contributed by atoms with Gasteiger partial charge in [0, 0.05) is 10.0 Å². The molecule has 0 saturated carbocycles. The Labute approximate surface area is 81.1 Å². The van der Waals surface area contributed by atoms with Crippen molar-refractivity contribution in [2.24, 2.45) is 0 Å². The van der Waals surface area contributed by atoms with E-state index in [1.807, 2.05) is 0 Å². The van der Waals surface area contributed by atoms with Crippen LogP contribution in [0.15, 0.2) is 12.1 Å². The third kappa shape index (κ3) is 2.03. The van der Waals surface area contributed by atoms with E-state index in [1.165, 1.54) is 6.07 Å². The first-order chi connectivity index (χ1) is 5.65. The number of hydrogen-bond donors (Lipinski definition) is 1. The number of aromatic hydroxyl groups is 1. The van der Waals surface area contributed by atoms with Crippen molar-refractivity contribution in [1.29, 1.82) is 0 Å². The summed E-state index contributed by atoms with van der Waals surface area (Å²) in [6.45, 7) is 0.405. The SMILES string of the molecule is C[N-]Cc1c(O)cc(Cl)cc1Cl. The van der Waals surface area contributed by atoms with Crippen molar-refractivity contribution >= 4 is 23.2 Å². The Balaban J connectivity index is 3.10. The number of halogens is 2. The summed E-state index contributed by atoms with van der Waals surface area (Å²) in [6.07, 6.45) is 0. The molecule has 1 N–H and O–H groups in total. The van der Waals surface area contributed by atoms with Gasteiger partial charge in [-0.2, -0.15) is 7.05 Å². The van der Waals surface area contributed by atoms with E-state index in [0.29, 0.717) is 22.2 Å². The predicted octanol–water partition coefficient (Wildman–Crippen LogP) is 3.20. The Bertz CT molecular complexity index is 265. The normalized spacial score (nSPS) is 10.2. The fourth-order valence-electron chi connectivity index (χ4n) is 0.905. The highest BCUT2D eigenvalue weighted by Gasteiger charge is 2.03. The summed E-state index contributed by atoms with van der Waals surface area (Å²) in [7, 11) is 1.66. The number of nitrogens with zero attached hydrogens (tertiary/aromatic N) is 1. The van der Waals surface area contributed by atoms with Crippen LogP contribution < -0.4 is 0 Å². The summed E-state index contributed by atoms with van der Waals surface area (Å²) in [5, 5.41) is 14.1. The summed E-state index contributed by atoms with van der Waals surface area (Å²) in [6, 6.07) is 3.04. The number of rotatable bonds is 2. The van der Waals surface area contributed by atoms with Crippen molar-refractivity contribution < 1.29 is 5.11 Å². The average molecular weight is 205 g/mol. The van der Waals surface area contributed by atoms with Gasteiger partial charge in [-0.05, 0) is 17.7 Å². The van der Waals surface area contributed by atoms with E-state index >= 15 is 0 Å². The Morgan fingerprint density at radius 3 is 2.58 bits per heavy atom. The highest BCUT2D eigenvalue weighted by Crippen LogP contribution is 2.30. The van der Waals surface area contributed by atoms with Crippen molar-refractivity contribution in [1.82, 2.24) is 0 Å². The quantitative estimate of drug-likeness (QED) is 0.790. The fraction of sp³-hybridized carbons (Fsp3) is 0.250. The Morgan fingerprint density at radius 2 is 2.08 bits per heavy atom. The lowest BCUT2D eigenvalue weighted by atomic mass is 10.2. The molecule has 0 saturated heterocycles. The fourth-order valence-corrected chi connectivity index (χ4v) is 1.45. The zero-order chi connectivity index (χ0) is 9.14. The molecule has 0 aliphatic carbocycles. The minimum absolute atomic E-state index is 0.0955. The van der Waals surface area contributed by atoms with E-state index in [1.54, 1.807) is 13.1 Å². The zero-order valence-corrected chi connectivity index (χ0v) is 8.02. The van der Waals surface area contributed by atoms with E-state index in [-0.39, 0.29) is 5.75 Å². The van der Waals surface area contributed by atoms with Crippen LogP contribution in [0, 0.1) is 0 Å². The van der Waals surface area contributed by atoms with E-state index in [9.17, 15) is 5.11 Å². The van der Waals surface area contributed by atoms with Gasteiger partial charge in [-0.25, -0.2) is 0 Å². The van der Waals surface area contributed by atoms with Crippen LogP contribution in [-0.2, 0) is 6.54 Å². The molecule has 0 amide bonds. The zero-order valence-electron chi connectivity index (χ0n) is 6.51. The Kier molecular flexibility index (Phi) is 3.20. The maximum Gasteiger partial charge on any atom is 0.119 e. The molecule has 0 unspecified atom stereocenters. The van der Waals surface area contributed by atoms with Crippen molar-refractivity contribution in [3.8, 4) is 5.75 Å². The Hall–Kier alpha value is -0.440. The monoisotopic (exact) mass is 204 g/mol. The minimum atomic E-state index is 0.0955. The van der Waals surface area contributed by atoms with E-state index in [0.717, 1.165) is 0 Å². The van der Waals surface area contributed by atoms with Gasteiger partial charge in [0.15, 0.2) is 0 Å². The molecule has 0 heterocycles. The second-order valence-electron chi connectivity index (χ2n) is 2.36. The Morgan fingerprint density at radius 1 is 1.42 bits per heavy atom. The molecule has 0 bridgehead atoms. The van der Waals surface area contributed by atoms with Crippen LogP contribution in [0.2, 0.25) is 10.0 Å². The summed E-state index contributed by atoms with van der Waals surface area (Å²) in [5.74, 6) is 0.0955. The lowest BCUT2D eigenvalue weighted by molar-refractivity contribution is 0.469. The van der Waals surface area contributed by atoms with E-state index < -0.39 is 0 Å². The third-order valence-corrected chi connectivity index (χ3v) is 2.01. The van der Waals surface area contributed by atoms with Gasteiger partial charge in [0.25, 0.3) is 0 Å². The molecule has 1 rings (SSSR count). The number of benzene rings is 1. The average Bonchev–Trinajstić information content (AvgIpc) is 1.96. The summed E-state index contributed by atoms with van der Waals surface area (Å²) >= 11 is 11.5. The van der Waals surface area contributed by atoms with Crippen LogP contribution in [0.1, 0.15) is 5.56 Å². The number of phenols is 1. The van der Waals surface area contributed by atoms with Gasteiger partial charge in [-0.3, -0.25) is 0 Å². The molecule has 0 aromatic heterocycles. The van der Waals surface area contributed by atoms with Crippen LogP contribution in [0.5, 0.6) is 5.75 Å². The largest absolute Gasteiger partial charge is 0.661 e. The molecule has 1 aromatic rings. The van der Waals surface area contributed by atoms with Crippen LogP contribution in [0.25, 0.3) is 5.32 Å². The van der Waals surface area contributed by atoms with Crippen molar-refractivity contribution in [3.63, 3.8) is 0 Å². The van der Waals surface area contributed by atoms with Crippen LogP contribution in [0.4, 0.5) is 0 Å². The van der Waals surface area contributed by atoms with Gasteiger partial charge in [0.2, 0.25) is 0 Å². The lowest BCUT2D eigenvalue weighted by Crippen LogP contribution is -1.85. The van der Waals surface area contributed by atoms with Gasteiger partial charge in [-0.1, -0.05) is 23.2 Å². The second-order valence-corrected chi connectivity index (χ2v) is 3.20. The van der Waals surface area contributed by atoms with Gasteiger partial charge in [0.1, 0.15) is 5.75 Å². The molecular formula is C8H8Cl2NO-. The molecule has 0 aliphatic rings. The molecule has 0 spiro atoms. The molecule has 0 aliphatic heterocycles. The first-order valence-corrected chi connectivity index (χ1v) is 4.13. The van der Waals surface area contributed by atoms with E-state index in [2.05, 4.69) is 5.32 Å². The second kappa shape index (κ2) is 3.99. The van der Waals surface area contributed by atoms with Crippen LogP contribution in [-0.4, -0.2) is 12.2 Å². The maximum absolute atomic E-state index is 9.37. The predicted molar refractivity (Wildman–Crippen MR) is 51.1 cm³/mol. The molecular weight excluding hydrogens is 197 g/mol. The minimum Gasteiger partial charge on any atom is -0.661 e. The standard InChI is InChI=1S/C8H8Cl2NO/c1-11-4-6-7(10)2-5(9)3-8(6)12/h2-3,12H,4H2,1H3/q-1. The van der Waals surface area contributed by atoms with E-state index in [4.69, 9.17) is 23.2 Å². The third-order valence-electron chi connectivity index (χ3n) is 1.45. The molecule has 12 heavy (non-hydrogen) atoms. The molecule has 0 radical (unpaired) electrons. The van der Waals surface area contributed by atoms with Gasteiger partial charge in [-0.15, -0.1) is 6.54 Å². The highest BCUT2D eigenvalue weighted by molar-refractivity contribution is 6.35. The van der Waals surface area contributed by atoms with Crippen LogP contribution >= 0.6 is 23.2 Å². The number of phenolic OH excluding ortho intramolecular Hbond substituents is 1. The van der Waals surface area contributed by atoms with Crippen LogP contribution in [0.3, 0.4) is 0 Å². The van der Waals surface area contributed by atoms with Gasteiger partial charge in [0.05, 0.1) is 0 Å². The van der Waals surface area contributed by atoms with Crippen molar-refractivity contribution in [2.45, 2.75) is 6.54 Å². The molecule has 1 aromatic carbocycles. The lowest BCUT2D eigenvalue weighted by Gasteiger charge is -2.14. The highest BCUT2D eigenvalue weighted by atomic mass is 35.5. The smallest absolute Gasteiger partial charge is 0.119 e.